The van der Waals surface area contributed by atoms with Gasteiger partial charge in [0.1, 0.15) is 0 Å². The summed E-state index contributed by atoms with van der Waals surface area (Å²) in [6.07, 6.45) is 3.44. The average molecular weight is 232 g/mol. The lowest BCUT2D eigenvalue weighted by Crippen LogP contribution is -2.09. The van der Waals surface area contributed by atoms with Gasteiger partial charge in [-0.3, -0.25) is 0 Å². The van der Waals surface area contributed by atoms with Crippen molar-refractivity contribution >= 4 is 5.95 Å². The van der Waals surface area contributed by atoms with Crippen LogP contribution in [-0.4, -0.2) is 31.9 Å². The molecule has 2 rings (SSSR count). The summed E-state index contributed by atoms with van der Waals surface area (Å²) in [5, 5.41) is 13.5. The van der Waals surface area contributed by atoms with E-state index in [2.05, 4.69) is 37.6 Å². The van der Waals surface area contributed by atoms with Gasteiger partial charge in [-0.15, -0.1) is 0 Å². The third-order valence-corrected chi connectivity index (χ3v) is 2.40. The maximum Gasteiger partial charge on any atom is 0.223 e. The molecular weight excluding hydrogens is 216 g/mol. The summed E-state index contributed by atoms with van der Waals surface area (Å²) < 4.78 is 0. The normalized spacial score (nSPS) is 10.5. The molecular formula is C11H16N6. The molecule has 0 spiro atoms. The highest BCUT2D eigenvalue weighted by atomic mass is 15.3. The van der Waals surface area contributed by atoms with E-state index in [0.717, 1.165) is 36.5 Å². The number of aryl methyl sites for hydroxylation is 2. The third-order valence-electron chi connectivity index (χ3n) is 2.40. The van der Waals surface area contributed by atoms with Crippen LogP contribution in [0.15, 0.2) is 12.3 Å². The van der Waals surface area contributed by atoms with Crippen LogP contribution in [0.4, 0.5) is 5.95 Å². The molecule has 6 heteroatoms. The van der Waals surface area contributed by atoms with E-state index < -0.39 is 0 Å². The van der Waals surface area contributed by atoms with Gasteiger partial charge in [0, 0.05) is 24.4 Å². The van der Waals surface area contributed by atoms with Gasteiger partial charge in [0.25, 0.3) is 0 Å². The molecule has 0 aliphatic heterocycles. The molecule has 0 bridgehead atoms. The van der Waals surface area contributed by atoms with Crippen LogP contribution in [0.1, 0.15) is 24.0 Å². The van der Waals surface area contributed by atoms with Crippen LogP contribution in [0, 0.1) is 6.92 Å². The van der Waals surface area contributed by atoms with Crippen molar-refractivity contribution in [1.82, 2.24) is 25.4 Å². The zero-order valence-electron chi connectivity index (χ0n) is 10.1. The minimum atomic E-state index is 0.686. The van der Waals surface area contributed by atoms with Crippen molar-refractivity contribution in [3.05, 3.63) is 29.3 Å². The van der Waals surface area contributed by atoms with Crippen LogP contribution in [0.2, 0.25) is 0 Å². The summed E-state index contributed by atoms with van der Waals surface area (Å²) in [6, 6.07) is 2.00. The highest BCUT2D eigenvalue weighted by Crippen LogP contribution is 2.05. The summed E-state index contributed by atoms with van der Waals surface area (Å²) in [4.78, 5) is 8.74. The summed E-state index contributed by atoms with van der Waals surface area (Å²) in [5.41, 5.74) is 2.98. The predicted molar refractivity (Wildman–Crippen MR) is 64.7 cm³/mol. The molecule has 2 heterocycles. The number of aromatic amines is 1. The number of rotatable bonds is 5. The van der Waals surface area contributed by atoms with E-state index in [0.29, 0.717) is 5.95 Å². The lowest BCUT2D eigenvalue weighted by molar-refractivity contribution is 0.881. The Morgan fingerprint density at radius 3 is 2.88 bits per heavy atom. The zero-order chi connectivity index (χ0) is 12.1. The van der Waals surface area contributed by atoms with Gasteiger partial charge in [0.2, 0.25) is 5.95 Å². The topological polar surface area (TPSA) is 79.4 Å². The summed E-state index contributed by atoms with van der Waals surface area (Å²) >= 11 is 0. The zero-order valence-corrected chi connectivity index (χ0v) is 10.1. The second kappa shape index (κ2) is 5.38. The number of hydrogen-bond donors (Lipinski definition) is 2. The van der Waals surface area contributed by atoms with Crippen molar-refractivity contribution in [2.24, 2.45) is 0 Å². The van der Waals surface area contributed by atoms with E-state index in [9.17, 15) is 0 Å². The number of hydrogen-bond acceptors (Lipinski definition) is 5. The molecule has 2 aromatic heterocycles. The maximum atomic E-state index is 4.40. The highest BCUT2D eigenvalue weighted by Gasteiger charge is 2.01. The molecule has 6 nitrogen and oxygen atoms in total. The van der Waals surface area contributed by atoms with Crippen molar-refractivity contribution < 1.29 is 0 Å². The number of H-pyrrole nitrogens is 1. The Kier molecular flexibility index (Phi) is 3.64. The Bertz CT molecular complexity index is 465. The second-order valence-electron chi connectivity index (χ2n) is 3.82. The smallest absolute Gasteiger partial charge is 0.223 e. The quantitative estimate of drug-likeness (QED) is 0.807. The molecule has 90 valence electrons. The molecule has 0 saturated carbocycles. The van der Waals surface area contributed by atoms with Crippen LogP contribution in [0.3, 0.4) is 0 Å². The van der Waals surface area contributed by atoms with Gasteiger partial charge in [-0.2, -0.15) is 15.4 Å². The molecule has 0 atom stereocenters. The fourth-order valence-corrected chi connectivity index (χ4v) is 1.54. The standard InChI is InChI=1S/C11H16N6/c1-3-9-6-8(2)14-11(15-9)12-5-4-10-7-13-17-16-10/h6-7H,3-5H2,1-2H3,(H,12,14,15)(H,13,16,17). The Morgan fingerprint density at radius 2 is 2.18 bits per heavy atom. The average Bonchev–Trinajstić information content (AvgIpc) is 2.81. The number of nitrogens with zero attached hydrogens (tertiary/aromatic N) is 4. The van der Waals surface area contributed by atoms with Gasteiger partial charge in [0.05, 0.1) is 11.9 Å². The van der Waals surface area contributed by atoms with Gasteiger partial charge in [-0.25, -0.2) is 9.97 Å². The van der Waals surface area contributed by atoms with E-state index in [1.807, 2.05) is 13.0 Å². The van der Waals surface area contributed by atoms with Crippen LogP contribution in [0.25, 0.3) is 0 Å². The van der Waals surface area contributed by atoms with Gasteiger partial charge >= 0.3 is 0 Å². The van der Waals surface area contributed by atoms with E-state index in [-0.39, 0.29) is 0 Å². The molecule has 0 unspecified atom stereocenters. The van der Waals surface area contributed by atoms with Gasteiger partial charge < -0.3 is 5.32 Å². The van der Waals surface area contributed by atoms with Crippen molar-refractivity contribution in [3.8, 4) is 0 Å². The molecule has 0 radical (unpaired) electrons. The van der Waals surface area contributed by atoms with Crippen molar-refractivity contribution in [1.29, 1.82) is 0 Å². The van der Waals surface area contributed by atoms with Crippen molar-refractivity contribution in [2.75, 3.05) is 11.9 Å². The lowest BCUT2D eigenvalue weighted by atomic mass is 10.3. The molecule has 0 fully saturated rings. The molecule has 0 saturated heterocycles. The number of aromatic nitrogens is 5. The molecule has 0 aliphatic carbocycles. The van der Waals surface area contributed by atoms with Crippen LogP contribution in [0.5, 0.6) is 0 Å². The van der Waals surface area contributed by atoms with Gasteiger partial charge in [-0.05, 0) is 19.4 Å². The van der Waals surface area contributed by atoms with Crippen molar-refractivity contribution in [3.63, 3.8) is 0 Å². The Balaban J connectivity index is 1.92. The summed E-state index contributed by atoms with van der Waals surface area (Å²) in [6.45, 7) is 4.81. The first-order valence-corrected chi connectivity index (χ1v) is 5.71. The Labute approximate surface area is 99.9 Å². The molecule has 2 aromatic rings. The first-order chi connectivity index (χ1) is 8.28. The largest absolute Gasteiger partial charge is 0.354 e. The third kappa shape index (κ3) is 3.24. The molecule has 2 N–H and O–H groups in total. The molecule has 0 amide bonds. The summed E-state index contributed by atoms with van der Waals surface area (Å²) in [5.74, 6) is 0.686. The second-order valence-corrected chi connectivity index (χ2v) is 3.82. The van der Waals surface area contributed by atoms with E-state index in [1.54, 1.807) is 6.20 Å². The first kappa shape index (κ1) is 11.5. The Morgan fingerprint density at radius 1 is 1.29 bits per heavy atom. The van der Waals surface area contributed by atoms with E-state index in [4.69, 9.17) is 0 Å². The predicted octanol–water partition coefficient (Wildman–Crippen LogP) is 1.12. The fourth-order valence-electron chi connectivity index (χ4n) is 1.54. The first-order valence-electron chi connectivity index (χ1n) is 5.71. The summed E-state index contributed by atoms with van der Waals surface area (Å²) in [7, 11) is 0. The molecule has 0 aliphatic rings. The number of anilines is 1. The van der Waals surface area contributed by atoms with E-state index in [1.165, 1.54) is 0 Å². The van der Waals surface area contributed by atoms with E-state index >= 15 is 0 Å². The molecule has 0 aromatic carbocycles. The SMILES string of the molecule is CCc1cc(C)nc(NCCc2cn[nH]n2)n1. The Hall–Kier alpha value is -1.98. The monoisotopic (exact) mass is 232 g/mol. The van der Waals surface area contributed by atoms with Crippen LogP contribution in [-0.2, 0) is 12.8 Å². The lowest BCUT2D eigenvalue weighted by Gasteiger charge is -2.06. The maximum absolute atomic E-state index is 4.40. The van der Waals surface area contributed by atoms with Gasteiger partial charge in [0.15, 0.2) is 0 Å². The van der Waals surface area contributed by atoms with Crippen LogP contribution < -0.4 is 5.32 Å². The minimum Gasteiger partial charge on any atom is -0.354 e. The minimum absolute atomic E-state index is 0.686. The number of nitrogens with one attached hydrogen (secondary N) is 2. The van der Waals surface area contributed by atoms with Crippen molar-refractivity contribution in [2.45, 2.75) is 26.7 Å². The van der Waals surface area contributed by atoms with Crippen LogP contribution >= 0.6 is 0 Å². The highest BCUT2D eigenvalue weighted by molar-refractivity contribution is 5.28. The van der Waals surface area contributed by atoms with Gasteiger partial charge in [-0.1, -0.05) is 6.92 Å². The molecule has 17 heavy (non-hydrogen) atoms. The fraction of sp³-hybridized carbons (Fsp3) is 0.455.